The lowest BCUT2D eigenvalue weighted by molar-refractivity contribution is -0.143. The first kappa shape index (κ1) is 27.1. The molecule has 2 aromatic carbocycles. The molecule has 0 aliphatic rings. The highest BCUT2D eigenvalue weighted by molar-refractivity contribution is 6.30. The van der Waals surface area contributed by atoms with Crippen LogP contribution in [0.4, 0.5) is 0 Å². The molecule has 184 valence electrons. The van der Waals surface area contributed by atoms with Gasteiger partial charge in [-0.1, -0.05) is 62.2 Å². The van der Waals surface area contributed by atoms with Gasteiger partial charge in [-0.05, 0) is 36.6 Å². The highest BCUT2D eigenvalue weighted by Gasteiger charge is 2.30. The molecule has 0 heterocycles. The number of rotatable bonds is 12. The minimum absolute atomic E-state index is 0.170. The largest absolute Gasteiger partial charge is 0.491 e. The third-order valence-corrected chi connectivity index (χ3v) is 5.61. The molecular weight excluding hydrogens is 458 g/mol. The first-order valence-electron chi connectivity index (χ1n) is 11.2. The van der Waals surface area contributed by atoms with Gasteiger partial charge in [-0.15, -0.1) is 0 Å². The van der Waals surface area contributed by atoms with Gasteiger partial charge in [0.25, 0.3) is 5.91 Å². The van der Waals surface area contributed by atoms with E-state index in [4.69, 9.17) is 22.1 Å². The molecule has 0 bridgehead atoms. The zero-order valence-corrected chi connectivity index (χ0v) is 20.3. The van der Waals surface area contributed by atoms with Crippen molar-refractivity contribution in [3.8, 4) is 5.75 Å². The van der Waals surface area contributed by atoms with Crippen LogP contribution < -0.4 is 21.1 Å². The topological polar surface area (TPSA) is 131 Å². The number of carbonyl (C=O) groups is 3. The second-order valence-corrected chi connectivity index (χ2v) is 8.79. The minimum atomic E-state index is -1.13. The van der Waals surface area contributed by atoms with Gasteiger partial charge in [0.1, 0.15) is 24.4 Å². The summed E-state index contributed by atoms with van der Waals surface area (Å²) >= 11 is 6.07. The van der Waals surface area contributed by atoms with E-state index in [2.05, 4.69) is 10.6 Å². The van der Waals surface area contributed by atoms with E-state index in [0.717, 1.165) is 5.56 Å². The number of halogens is 1. The van der Waals surface area contributed by atoms with Crippen molar-refractivity contribution in [2.45, 2.75) is 51.7 Å². The van der Waals surface area contributed by atoms with Gasteiger partial charge < -0.3 is 26.2 Å². The van der Waals surface area contributed by atoms with Crippen LogP contribution in [0.25, 0.3) is 0 Å². The summed E-state index contributed by atoms with van der Waals surface area (Å²) < 4.78 is 5.65. The van der Waals surface area contributed by atoms with E-state index in [1.54, 1.807) is 19.9 Å². The Morgan fingerprint density at radius 1 is 1.09 bits per heavy atom. The van der Waals surface area contributed by atoms with Gasteiger partial charge in [-0.25, -0.2) is 4.79 Å². The molecule has 0 saturated heterocycles. The predicted octanol–water partition coefficient (Wildman–Crippen LogP) is 3.02. The Kier molecular flexibility index (Phi) is 10.3. The SMILES string of the molecule is CC[C@H](C)[C@H](NC(=O)[C@H](Cc1ccccc1)NC(=O)c1ccc(Cl)cc1OC[C@@H](C)N)C(=O)O. The number of benzene rings is 2. The predicted molar refractivity (Wildman–Crippen MR) is 131 cm³/mol. The Labute approximate surface area is 204 Å². The van der Waals surface area contributed by atoms with Crippen LogP contribution in [0, 0.1) is 5.92 Å². The zero-order valence-electron chi connectivity index (χ0n) is 19.6. The third kappa shape index (κ3) is 8.04. The lowest BCUT2D eigenvalue weighted by atomic mass is 9.98. The number of amides is 2. The molecule has 34 heavy (non-hydrogen) atoms. The van der Waals surface area contributed by atoms with Gasteiger partial charge in [0.05, 0.1) is 5.56 Å². The Morgan fingerprint density at radius 2 is 1.76 bits per heavy atom. The van der Waals surface area contributed by atoms with Crippen LogP contribution in [-0.2, 0) is 16.0 Å². The number of carboxylic acids is 1. The van der Waals surface area contributed by atoms with Crippen molar-refractivity contribution in [2.75, 3.05) is 6.61 Å². The number of hydrogen-bond donors (Lipinski definition) is 4. The van der Waals surface area contributed by atoms with Gasteiger partial charge >= 0.3 is 5.97 Å². The lowest BCUT2D eigenvalue weighted by Gasteiger charge is -2.25. The summed E-state index contributed by atoms with van der Waals surface area (Å²) in [6.45, 7) is 5.53. The molecule has 0 aromatic heterocycles. The fraction of sp³-hybridized carbons (Fsp3) is 0.400. The summed E-state index contributed by atoms with van der Waals surface area (Å²) in [5.74, 6) is -2.32. The molecule has 4 atom stereocenters. The molecule has 2 rings (SSSR count). The molecule has 9 heteroatoms. The van der Waals surface area contributed by atoms with Crippen molar-refractivity contribution >= 4 is 29.4 Å². The summed E-state index contributed by atoms with van der Waals surface area (Å²) in [7, 11) is 0. The van der Waals surface area contributed by atoms with Crippen molar-refractivity contribution in [3.63, 3.8) is 0 Å². The van der Waals surface area contributed by atoms with Crippen LogP contribution >= 0.6 is 11.6 Å². The van der Waals surface area contributed by atoms with E-state index < -0.39 is 29.9 Å². The molecule has 0 aliphatic carbocycles. The summed E-state index contributed by atoms with van der Waals surface area (Å²) in [6.07, 6.45) is 0.743. The average Bonchev–Trinajstić information content (AvgIpc) is 2.80. The van der Waals surface area contributed by atoms with E-state index in [-0.39, 0.29) is 36.3 Å². The number of hydrogen-bond acceptors (Lipinski definition) is 5. The molecule has 0 saturated carbocycles. The van der Waals surface area contributed by atoms with E-state index in [9.17, 15) is 19.5 Å². The monoisotopic (exact) mass is 489 g/mol. The second kappa shape index (κ2) is 13.0. The quantitative estimate of drug-likeness (QED) is 0.362. The fourth-order valence-corrected chi connectivity index (χ4v) is 3.42. The summed E-state index contributed by atoms with van der Waals surface area (Å²) in [5.41, 5.74) is 6.75. The normalized spacial score (nSPS) is 14.4. The van der Waals surface area contributed by atoms with Gasteiger partial charge in [-0.3, -0.25) is 9.59 Å². The standard InChI is InChI=1S/C25H32ClN3O5/c1-4-15(2)22(25(32)33)29-24(31)20(12-17-8-6-5-7-9-17)28-23(30)19-11-10-18(26)13-21(19)34-14-16(3)27/h5-11,13,15-16,20,22H,4,12,14,27H2,1-3H3,(H,28,30)(H,29,31)(H,32,33)/t15-,16+,20-,22-/m0/s1. The van der Waals surface area contributed by atoms with Crippen molar-refractivity contribution in [1.82, 2.24) is 10.6 Å². The maximum Gasteiger partial charge on any atom is 0.326 e. The lowest BCUT2D eigenvalue weighted by Crippen LogP contribution is -2.54. The Bertz CT molecular complexity index is 984. The molecule has 0 spiro atoms. The van der Waals surface area contributed by atoms with Crippen molar-refractivity contribution in [1.29, 1.82) is 0 Å². The van der Waals surface area contributed by atoms with Crippen molar-refractivity contribution in [2.24, 2.45) is 11.7 Å². The maximum absolute atomic E-state index is 13.2. The number of nitrogens with one attached hydrogen (secondary N) is 2. The molecular formula is C25H32ClN3O5. The fourth-order valence-electron chi connectivity index (χ4n) is 3.26. The van der Waals surface area contributed by atoms with Crippen LogP contribution in [0.15, 0.2) is 48.5 Å². The first-order chi connectivity index (χ1) is 16.1. The Morgan fingerprint density at radius 3 is 2.35 bits per heavy atom. The molecule has 2 aromatic rings. The van der Waals surface area contributed by atoms with Crippen molar-refractivity contribution in [3.05, 3.63) is 64.7 Å². The van der Waals surface area contributed by atoms with Crippen LogP contribution in [0.1, 0.15) is 43.1 Å². The average molecular weight is 490 g/mol. The molecule has 5 N–H and O–H groups in total. The molecule has 0 aliphatic heterocycles. The number of ether oxygens (including phenoxy) is 1. The number of carbonyl (C=O) groups excluding carboxylic acids is 2. The Balaban J connectivity index is 2.30. The third-order valence-electron chi connectivity index (χ3n) is 5.37. The molecule has 0 unspecified atom stereocenters. The smallest absolute Gasteiger partial charge is 0.326 e. The number of carboxylic acid groups (broad SMARTS) is 1. The van der Waals surface area contributed by atoms with Gasteiger partial charge in [-0.2, -0.15) is 0 Å². The molecule has 0 radical (unpaired) electrons. The van der Waals surface area contributed by atoms with Crippen LogP contribution in [0.3, 0.4) is 0 Å². The summed E-state index contributed by atoms with van der Waals surface area (Å²) in [5, 5.41) is 15.3. The van der Waals surface area contributed by atoms with E-state index in [1.165, 1.54) is 12.1 Å². The van der Waals surface area contributed by atoms with Crippen molar-refractivity contribution < 1.29 is 24.2 Å². The summed E-state index contributed by atoms with van der Waals surface area (Å²) in [4.78, 5) is 38.0. The van der Waals surface area contributed by atoms with Crippen LogP contribution in [0.5, 0.6) is 5.75 Å². The van der Waals surface area contributed by atoms with Crippen LogP contribution in [0.2, 0.25) is 5.02 Å². The number of nitrogens with two attached hydrogens (primary N) is 1. The highest BCUT2D eigenvalue weighted by Crippen LogP contribution is 2.24. The van der Waals surface area contributed by atoms with Gasteiger partial charge in [0.15, 0.2) is 0 Å². The van der Waals surface area contributed by atoms with E-state index in [1.807, 2.05) is 37.3 Å². The first-order valence-corrected chi connectivity index (χ1v) is 11.6. The Hall–Kier alpha value is -3.10. The van der Waals surface area contributed by atoms with E-state index >= 15 is 0 Å². The zero-order chi connectivity index (χ0) is 25.3. The van der Waals surface area contributed by atoms with E-state index in [0.29, 0.717) is 11.4 Å². The van der Waals surface area contributed by atoms with Gasteiger partial charge in [0, 0.05) is 17.5 Å². The maximum atomic E-state index is 13.2. The highest BCUT2D eigenvalue weighted by atomic mass is 35.5. The summed E-state index contributed by atoms with van der Waals surface area (Å²) in [6, 6.07) is 11.4. The minimum Gasteiger partial charge on any atom is -0.491 e. The van der Waals surface area contributed by atoms with Crippen LogP contribution in [-0.4, -0.2) is 47.6 Å². The molecule has 0 fully saturated rings. The molecule has 8 nitrogen and oxygen atoms in total. The van der Waals surface area contributed by atoms with Gasteiger partial charge in [0.2, 0.25) is 5.91 Å². The molecule has 2 amide bonds. The second-order valence-electron chi connectivity index (χ2n) is 8.35. The number of aliphatic carboxylic acids is 1.